The Hall–Kier alpha value is -0.0500. The molecule has 13 heavy (non-hydrogen) atoms. The third-order valence-electron chi connectivity index (χ3n) is 2.05. The average molecular weight is 276 g/mol. The molecule has 1 aromatic heterocycles. The highest BCUT2D eigenvalue weighted by molar-refractivity contribution is 9.10. The summed E-state index contributed by atoms with van der Waals surface area (Å²) in [5.41, 5.74) is 2.54. The lowest BCUT2D eigenvalue weighted by atomic mass is 10.1. The predicted octanol–water partition coefficient (Wildman–Crippen LogP) is 4.71. The van der Waals surface area contributed by atoms with Crippen LogP contribution in [0.2, 0.25) is 0 Å². The molecule has 0 bridgehead atoms. The Balaban J connectivity index is 2.84. The van der Waals surface area contributed by atoms with Gasteiger partial charge in [-0.05, 0) is 40.9 Å². The second-order valence-corrected chi connectivity index (χ2v) is 5.06. The molecule has 0 unspecified atom stereocenters. The van der Waals surface area contributed by atoms with Crippen LogP contribution in [0.5, 0.6) is 0 Å². The van der Waals surface area contributed by atoms with Gasteiger partial charge in [0.05, 0.1) is 0 Å². The molecule has 2 aromatic rings. The van der Waals surface area contributed by atoms with Gasteiger partial charge in [0.1, 0.15) is 0 Å². The normalized spacial score (nSPS) is 11.0. The summed E-state index contributed by atoms with van der Waals surface area (Å²) in [6.07, 6.45) is 0. The van der Waals surface area contributed by atoms with Gasteiger partial charge in [0.2, 0.25) is 0 Å². The summed E-state index contributed by atoms with van der Waals surface area (Å²) in [5.74, 6) is 0.579. The molecule has 1 heterocycles. The molecule has 2 rings (SSSR count). The van der Waals surface area contributed by atoms with Crippen LogP contribution in [0.4, 0.5) is 0 Å². The molecular formula is C10H8BrClS. The minimum atomic E-state index is 0.579. The van der Waals surface area contributed by atoms with Crippen molar-refractivity contribution in [2.45, 2.75) is 12.8 Å². The van der Waals surface area contributed by atoms with Crippen LogP contribution in [0, 0.1) is 6.92 Å². The van der Waals surface area contributed by atoms with Crippen molar-refractivity contribution in [3.8, 4) is 0 Å². The highest BCUT2D eigenvalue weighted by atomic mass is 79.9. The highest BCUT2D eigenvalue weighted by Crippen LogP contribution is 2.32. The summed E-state index contributed by atoms with van der Waals surface area (Å²) in [6, 6.07) is 4.24. The number of rotatable bonds is 1. The summed E-state index contributed by atoms with van der Waals surface area (Å²) >= 11 is 11.1. The number of benzene rings is 1. The van der Waals surface area contributed by atoms with Crippen molar-refractivity contribution in [3.63, 3.8) is 0 Å². The third-order valence-corrected chi connectivity index (χ3v) is 3.99. The second-order valence-electron chi connectivity index (χ2n) is 2.99. The lowest BCUT2D eigenvalue weighted by Crippen LogP contribution is -1.79. The fourth-order valence-electron chi connectivity index (χ4n) is 1.39. The van der Waals surface area contributed by atoms with Crippen LogP contribution in [0.1, 0.15) is 11.1 Å². The molecule has 0 aliphatic heterocycles. The van der Waals surface area contributed by atoms with Crippen LogP contribution >= 0.6 is 38.9 Å². The number of hydrogen-bond acceptors (Lipinski definition) is 1. The monoisotopic (exact) mass is 274 g/mol. The standard InChI is InChI=1S/C10H8BrClS/c1-6-5-13-10-7(4-12)2-8(11)3-9(6)10/h2-3,5H,4H2,1H3. The Kier molecular flexibility index (Phi) is 2.63. The van der Waals surface area contributed by atoms with E-state index in [0.29, 0.717) is 5.88 Å². The van der Waals surface area contributed by atoms with Crippen LogP contribution in [0.3, 0.4) is 0 Å². The number of fused-ring (bicyclic) bond motifs is 1. The van der Waals surface area contributed by atoms with Gasteiger partial charge in [-0.3, -0.25) is 0 Å². The van der Waals surface area contributed by atoms with E-state index in [2.05, 4.69) is 40.4 Å². The lowest BCUT2D eigenvalue weighted by molar-refractivity contribution is 1.45. The summed E-state index contributed by atoms with van der Waals surface area (Å²) in [5, 5.41) is 3.49. The number of halogens is 2. The van der Waals surface area contributed by atoms with E-state index in [0.717, 1.165) is 4.47 Å². The quantitative estimate of drug-likeness (QED) is 0.661. The van der Waals surface area contributed by atoms with Gasteiger partial charge < -0.3 is 0 Å². The van der Waals surface area contributed by atoms with Crippen LogP contribution < -0.4 is 0 Å². The third kappa shape index (κ3) is 1.63. The largest absolute Gasteiger partial charge is 0.143 e. The fourth-order valence-corrected chi connectivity index (χ4v) is 3.24. The van der Waals surface area contributed by atoms with Crippen molar-refractivity contribution in [3.05, 3.63) is 33.1 Å². The Morgan fingerprint density at radius 3 is 2.92 bits per heavy atom. The maximum Gasteiger partial charge on any atom is 0.0488 e. The van der Waals surface area contributed by atoms with E-state index >= 15 is 0 Å². The molecule has 0 saturated carbocycles. The molecule has 0 aliphatic carbocycles. The summed E-state index contributed by atoms with van der Waals surface area (Å²) < 4.78 is 2.42. The first-order valence-corrected chi connectivity index (χ1v) is 6.15. The van der Waals surface area contributed by atoms with Gasteiger partial charge in [-0.1, -0.05) is 15.9 Å². The van der Waals surface area contributed by atoms with Gasteiger partial charge in [0.25, 0.3) is 0 Å². The van der Waals surface area contributed by atoms with E-state index in [9.17, 15) is 0 Å². The smallest absolute Gasteiger partial charge is 0.0488 e. The van der Waals surface area contributed by atoms with E-state index < -0.39 is 0 Å². The Morgan fingerprint density at radius 1 is 1.46 bits per heavy atom. The molecule has 0 amide bonds. The molecule has 0 nitrogen and oxygen atoms in total. The van der Waals surface area contributed by atoms with Gasteiger partial charge >= 0.3 is 0 Å². The molecule has 0 aliphatic rings. The van der Waals surface area contributed by atoms with E-state index in [-0.39, 0.29) is 0 Å². The molecule has 0 saturated heterocycles. The van der Waals surface area contributed by atoms with Crippen molar-refractivity contribution in [2.24, 2.45) is 0 Å². The first kappa shape index (κ1) is 9.50. The number of alkyl halides is 1. The summed E-state index contributed by atoms with van der Waals surface area (Å²) in [7, 11) is 0. The predicted molar refractivity (Wildman–Crippen MR) is 63.8 cm³/mol. The number of thiophene rings is 1. The summed E-state index contributed by atoms with van der Waals surface area (Å²) in [4.78, 5) is 0. The fraction of sp³-hybridized carbons (Fsp3) is 0.200. The van der Waals surface area contributed by atoms with Crippen LogP contribution in [-0.2, 0) is 5.88 Å². The van der Waals surface area contributed by atoms with E-state index in [1.807, 2.05) is 0 Å². The molecule has 0 N–H and O–H groups in total. The van der Waals surface area contributed by atoms with Gasteiger partial charge in [0, 0.05) is 15.1 Å². The van der Waals surface area contributed by atoms with E-state index in [1.165, 1.54) is 21.2 Å². The maximum absolute atomic E-state index is 5.87. The van der Waals surface area contributed by atoms with Crippen LogP contribution in [0.15, 0.2) is 22.0 Å². The van der Waals surface area contributed by atoms with Crippen molar-refractivity contribution < 1.29 is 0 Å². The van der Waals surface area contributed by atoms with Gasteiger partial charge in [-0.15, -0.1) is 22.9 Å². The molecule has 3 heteroatoms. The van der Waals surface area contributed by atoms with Crippen molar-refractivity contribution >= 4 is 49.0 Å². The highest BCUT2D eigenvalue weighted by Gasteiger charge is 2.06. The Morgan fingerprint density at radius 2 is 2.23 bits per heavy atom. The minimum Gasteiger partial charge on any atom is -0.143 e. The van der Waals surface area contributed by atoms with E-state index in [4.69, 9.17) is 11.6 Å². The topological polar surface area (TPSA) is 0 Å². The molecule has 0 fully saturated rings. The Bertz CT molecular complexity index is 447. The zero-order valence-electron chi connectivity index (χ0n) is 7.10. The molecule has 0 radical (unpaired) electrons. The first-order valence-electron chi connectivity index (χ1n) is 3.94. The molecule has 1 aromatic carbocycles. The lowest BCUT2D eigenvalue weighted by Gasteiger charge is -2.00. The van der Waals surface area contributed by atoms with Crippen molar-refractivity contribution in [1.29, 1.82) is 0 Å². The van der Waals surface area contributed by atoms with Crippen LogP contribution in [0.25, 0.3) is 10.1 Å². The van der Waals surface area contributed by atoms with Gasteiger partial charge in [-0.2, -0.15) is 0 Å². The molecule has 0 spiro atoms. The van der Waals surface area contributed by atoms with Crippen molar-refractivity contribution in [2.75, 3.05) is 0 Å². The van der Waals surface area contributed by atoms with Crippen molar-refractivity contribution in [1.82, 2.24) is 0 Å². The van der Waals surface area contributed by atoms with Gasteiger partial charge in [0.15, 0.2) is 0 Å². The number of hydrogen-bond donors (Lipinski definition) is 0. The van der Waals surface area contributed by atoms with E-state index in [1.54, 1.807) is 11.3 Å². The van der Waals surface area contributed by atoms with Gasteiger partial charge in [-0.25, -0.2) is 0 Å². The number of aryl methyl sites for hydroxylation is 1. The SMILES string of the molecule is Cc1csc2c(CCl)cc(Br)cc12. The molecular weight excluding hydrogens is 268 g/mol. The average Bonchev–Trinajstić information content (AvgIpc) is 2.47. The Labute approximate surface area is 94.7 Å². The zero-order chi connectivity index (χ0) is 9.42. The first-order chi connectivity index (χ1) is 6.22. The summed E-state index contributed by atoms with van der Waals surface area (Å²) in [6.45, 7) is 2.13. The maximum atomic E-state index is 5.87. The van der Waals surface area contributed by atoms with Crippen LogP contribution in [-0.4, -0.2) is 0 Å². The minimum absolute atomic E-state index is 0.579. The molecule has 68 valence electrons. The molecule has 0 atom stereocenters. The zero-order valence-corrected chi connectivity index (χ0v) is 10.3. The second kappa shape index (κ2) is 3.60.